The van der Waals surface area contributed by atoms with Crippen molar-refractivity contribution in [2.75, 3.05) is 6.54 Å². The highest BCUT2D eigenvalue weighted by Gasteiger charge is 2.08. The van der Waals surface area contributed by atoms with Crippen LogP contribution in [-0.4, -0.2) is 16.5 Å². The molecular weight excluding hydrogens is 273 g/mol. The van der Waals surface area contributed by atoms with Crippen LogP contribution >= 0.6 is 11.8 Å². The molecule has 0 saturated heterocycles. The maximum atomic E-state index is 14.1. The maximum Gasteiger partial charge on any atom is 0.192 e. The second-order valence-electron chi connectivity index (χ2n) is 4.58. The van der Waals surface area contributed by atoms with E-state index in [-0.39, 0.29) is 5.82 Å². The van der Waals surface area contributed by atoms with Gasteiger partial charge in [-0.2, -0.15) is 0 Å². The Balaban J connectivity index is 2.16. The summed E-state index contributed by atoms with van der Waals surface area (Å²) < 4.78 is 14.1. The van der Waals surface area contributed by atoms with Crippen LogP contribution in [-0.2, 0) is 6.54 Å². The highest BCUT2D eigenvalue weighted by Crippen LogP contribution is 2.28. The van der Waals surface area contributed by atoms with Gasteiger partial charge >= 0.3 is 0 Å². The lowest BCUT2D eigenvalue weighted by Gasteiger charge is -2.07. The zero-order valence-corrected chi connectivity index (χ0v) is 12.7. The first-order valence-electron chi connectivity index (χ1n) is 6.57. The minimum Gasteiger partial charge on any atom is -0.313 e. The van der Waals surface area contributed by atoms with E-state index in [0.717, 1.165) is 23.5 Å². The third kappa shape index (κ3) is 4.02. The molecule has 5 heteroatoms. The lowest BCUT2D eigenvalue weighted by atomic mass is 10.2. The predicted octanol–water partition coefficient (Wildman–Crippen LogP) is 3.49. The van der Waals surface area contributed by atoms with Gasteiger partial charge in [0, 0.05) is 17.9 Å². The van der Waals surface area contributed by atoms with Crippen LogP contribution in [0.5, 0.6) is 0 Å². The van der Waals surface area contributed by atoms with Gasteiger partial charge in [-0.05, 0) is 55.9 Å². The number of aryl methyl sites for hydroxylation is 2. The van der Waals surface area contributed by atoms with Crippen LogP contribution < -0.4 is 5.32 Å². The first-order chi connectivity index (χ1) is 9.58. The number of nitrogens with one attached hydrogen (secondary N) is 1. The summed E-state index contributed by atoms with van der Waals surface area (Å²) in [7, 11) is 0. The number of hydrogen-bond acceptors (Lipinski definition) is 4. The zero-order valence-electron chi connectivity index (χ0n) is 11.9. The molecule has 0 bridgehead atoms. The average Bonchev–Trinajstić information content (AvgIpc) is 2.38. The quantitative estimate of drug-likeness (QED) is 0.856. The number of aromatic nitrogens is 2. The summed E-state index contributed by atoms with van der Waals surface area (Å²) in [6.45, 7) is 7.40. The van der Waals surface area contributed by atoms with Gasteiger partial charge in [-0.25, -0.2) is 14.4 Å². The van der Waals surface area contributed by atoms with Crippen LogP contribution in [0.3, 0.4) is 0 Å². The Labute approximate surface area is 123 Å². The summed E-state index contributed by atoms with van der Waals surface area (Å²) >= 11 is 1.26. The molecule has 1 aromatic heterocycles. The molecule has 0 amide bonds. The van der Waals surface area contributed by atoms with Crippen LogP contribution in [0, 0.1) is 19.7 Å². The third-order valence-corrected chi connectivity index (χ3v) is 3.65. The van der Waals surface area contributed by atoms with Gasteiger partial charge in [0.15, 0.2) is 5.16 Å². The Hall–Kier alpha value is -1.46. The molecule has 0 atom stereocenters. The van der Waals surface area contributed by atoms with E-state index in [2.05, 4.69) is 15.3 Å². The summed E-state index contributed by atoms with van der Waals surface area (Å²) in [6.07, 6.45) is 0. The lowest BCUT2D eigenvalue weighted by molar-refractivity contribution is 0.596. The molecule has 3 nitrogen and oxygen atoms in total. The lowest BCUT2D eigenvalue weighted by Crippen LogP contribution is -2.11. The van der Waals surface area contributed by atoms with Gasteiger partial charge in [-0.1, -0.05) is 13.0 Å². The maximum absolute atomic E-state index is 14.1. The summed E-state index contributed by atoms with van der Waals surface area (Å²) in [6, 6.07) is 7.18. The first-order valence-corrected chi connectivity index (χ1v) is 7.39. The molecular formula is C15H18FN3S. The van der Waals surface area contributed by atoms with Gasteiger partial charge in [-0.3, -0.25) is 0 Å². The molecule has 0 aliphatic carbocycles. The van der Waals surface area contributed by atoms with E-state index in [1.54, 1.807) is 12.1 Å². The molecule has 1 N–H and O–H groups in total. The van der Waals surface area contributed by atoms with Crippen molar-refractivity contribution in [1.82, 2.24) is 15.3 Å². The molecule has 20 heavy (non-hydrogen) atoms. The second kappa shape index (κ2) is 6.81. The van der Waals surface area contributed by atoms with Crippen molar-refractivity contribution in [2.45, 2.75) is 37.4 Å². The molecule has 0 saturated carbocycles. The standard InChI is InChI=1S/C15H18FN3S/c1-4-17-9-12-5-6-14(13(16)8-12)20-15-18-10(2)7-11(3)19-15/h5-8,17H,4,9H2,1-3H3. The number of halogens is 1. The van der Waals surface area contributed by atoms with Crippen LogP contribution in [0.2, 0.25) is 0 Å². The van der Waals surface area contributed by atoms with Gasteiger partial charge in [0.05, 0.1) is 4.90 Å². The Bertz CT molecular complexity index is 581. The molecule has 0 aliphatic rings. The van der Waals surface area contributed by atoms with Gasteiger partial charge in [0.1, 0.15) is 5.82 Å². The van der Waals surface area contributed by atoms with Crippen LogP contribution in [0.1, 0.15) is 23.9 Å². The normalized spacial score (nSPS) is 10.8. The van der Waals surface area contributed by atoms with Crippen molar-refractivity contribution in [3.63, 3.8) is 0 Å². The van der Waals surface area contributed by atoms with Gasteiger partial charge in [0.2, 0.25) is 0 Å². The van der Waals surface area contributed by atoms with Crippen LogP contribution in [0.15, 0.2) is 34.3 Å². The van der Waals surface area contributed by atoms with E-state index in [1.807, 2.05) is 32.9 Å². The molecule has 1 aromatic carbocycles. The van der Waals surface area contributed by atoms with Crippen molar-refractivity contribution in [2.24, 2.45) is 0 Å². The first kappa shape index (κ1) is 14.9. The fraction of sp³-hybridized carbons (Fsp3) is 0.333. The fourth-order valence-electron chi connectivity index (χ4n) is 1.84. The zero-order chi connectivity index (χ0) is 14.5. The fourth-order valence-corrected chi connectivity index (χ4v) is 2.71. The van der Waals surface area contributed by atoms with Crippen molar-refractivity contribution >= 4 is 11.8 Å². The summed E-state index contributed by atoms with van der Waals surface area (Å²) in [5.41, 5.74) is 2.73. The number of rotatable bonds is 5. The van der Waals surface area contributed by atoms with E-state index in [0.29, 0.717) is 16.6 Å². The average molecular weight is 291 g/mol. The number of hydrogen-bond donors (Lipinski definition) is 1. The highest BCUT2D eigenvalue weighted by molar-refractivity contribution is 7.99. The van der Waals surface area contributed by atoms with Crippen molar-refractivity contribution in [3.05, 3.63) is 47.0 Å². The SMILES string of the molecule is CCNCc1ccc(Sc2nc(C)cc(C)n2)c(F)c1. The van der Waals surface area contributed by atoms with Crippen molar-refractivity contribution in [1.29, 1.82) is 0 Å². The van der Waals surface area contributed by atoms with Gasteiger partial charge in [0.25, 0.3) is 0 Å². The van der Waals surface area contributed by atoms with Crippen molar-refractivity contribution < 1.29 is 4.39 Å². The minimum atomic E-state index is -0.229. The van der Waals surface area contributed by atoms with E-state index in [4.69, 9.17) is 0 Å². The highest BCUT2D eigenvalue weighted by atomic mass is 32.2. The van der Waals surface area contributed by atoms with E-state index in [1.165, 1.54) is 11.8 Å². The molecule has 0 fully saturated rings. The van der Waals surface area contributed by atoms with Gasteiger partial charge < -0.3 is 5.32 Å². The topological polar surface area (TPSA) is 37.8 Å². The van der Waals surface area contributed by atoms with Gasteiger partial charge in [-0.15, -0.1) is 0 Å². The molecule has 0 unspecified atom stereocenters. The monoisotopic (exact) mass is 291 g/mol. The molecule has 0 radical (unpaired) electrons. The minimum absolute atomic E-state index is 0.229. The smallest absolute Gasteiger partial charge is 0.192 e. The number of nitrogens with zero attached hydrogens (tertiary/aromatic N) is 2. The van der Waals surface area contributed by atoms with Crippen molar-refractivity contribution in [3.8, 4) is 0 Å². The Morgan fingerprint density at radius 1 is 1.15 bits per heavy atom. The Morgan fingerprint density at radius 2 is 1.85 bits per heavy atom. The largest absolute Gasteiger partial charge is 0.313 e. The van der Waals surface area contributed by atoms with E-state index >= 15 is 0 Å². The van der Waals surface area contributed by atoms with E-state index in [9.17, 15) is 4.39 Å². The molecule has 0 spiro atoms. The van der Waals surface area contributed by atoms with E-state index < -0.39 is 0 Å². The summed E-state index contributed by atoms with van der Waals surface area (Å²) in [4.78, 5) is 9.18. The molecule has 2 rings (SSSR count). The Morgan fingerprint density at radius 3 is 2.45 bits per heavy atom. The third-order valence-electron chi connectivity index (χ3n) is 2.74. The summed E-state index contributed by atoms with van der Waals surface area (Å²) in [5.74, 6) is -0.229. The predicted molar refractivity (Wildman–Crippen MR) is 79.4 cm³/mol. The molecule has 2 aromatic rings. The summed E-state index contributed by atoms with van der Waals surface area (Å²) in [5, 5.41) is 3.76. The molecule has 1 heterocycles. The Kier molecular flexibility index (Phi) is 5.09. The second-order valence-corrected chi connectivity index (χ2v) is 5.59. The number of benzene rings is 1. The molecule has 106 valence electrons. The van der Waals surface area contributed by atoms with Crippen LogP contribution in [0.25, 0.3) is 0 Å². The van der Waals surface area contributed by atoms with Crippen LogP contribution in [0.4, 0.5) is 4.39 Å². The molecule has 0 aliphatic heterocycles.